The average molecular weight is 560 g/mol. The minimum absolute atomic E-state index is 0. The summed E-state index contributed by atoms with van der Waals surface area (Å²) in [6, 6.07) is 0. The fraction of sp³-hybridized carbons (Fsp3) is 0.750. The molecule has 1 N–H and O–H groups in total. The molecular formula is C16H26BO4Rf-. The Labute approximate surface area is 129 Å². The second kappa shape index (κ2) is 11.4. The van der Waals surface area contributed by atoms with Crippen LogP contribution in [0.4, 0.5) is 0 Å². The molecule has 0 bridgehead atoms. The Morgan fingerprint density at radius 2 is 1.77 bits per heavy atom. The first-order valence-corrected chi connectivity index (χ1v) is 7.62. The van der Waals surface area contributed by atoms with Gasteiger partial charge in [0.15, 0.2) is 0 Å². The number of carboxylic acids is 1. The van der Waals surface area contributed by atoms with Gasteiger partial charge in [-0.1, -0.05) is 26.6 Å². The monoisotopic (exact) mass is 560 g/mol. The minimum Gasteiger partial charge on any atom is -0.481 e. The predicted octanol–water partition coefficient (Wildman–Crippen LogP) is 2.86. The van der Waals surface area contributed by atoms with Crippen molar-refractivity contribution in [1.82, 2.24) is 0 Å². The van der Waals surface area contributed by atoms with Crippen LogP contribution in [0.15, 0.2) is 0 Å². The molecule has 0 aromatic heterocycles. The molecule has 0 aliphatic rings. The van der Waals surface area contributed by atoms with Crippen LogP contribution >= 0.6 is 0 Å². The van der Waals surface area contributed by atoms with Crippen molar-refractivity contribution < 1.29 is 19.5 Å². The van der Waals surface area contributed by atoms with E-state index in [4.69, 9.17) is 13.0 Å². The van der Waals surface area contributed by atoms with E-state index in [-0.39, 0.29) is 35.7 Å². The number of carboxylic acid groups (broad SMARTS) is 1. The molecule has 6 heteroatoms. The molecule has 0 spiro atoms. The molecule has 22 heavy (non-hydrogen) atoms. The van der Waals surface area contributed by atoms with Gasteiger partial charge in [0.1, 0.15) is 5.78 Å². The predicted molar refractivity (Wildman–Crippen MR) is 83.1 cm³/mol. The summed E-state index contributed by atoms with van der Waals surface area (Å²) in [5, 5.41) is 8.83. The molecule has 3 unspecified atom stereocenters. The van der Waals surface area contributed by atoms with E-state index in [2.05, 4.69) is 6.92 Å². The van der Waals surface area contributed by atoms with E-state index in [0.717, 1.165) is 0 Å². The van der Waals surface area contributed by atoms with Gasteiger partial charge in [-0.05, 0) is 36.9 Å². The topological polar surface area (TPSA) is 71.4 Å². The zero-order valence-electron chi connectivity index (χ0n) is 13.8. The van der Waals surface area contributed by atoms with Crippen molar-refractivity contribution >= 4 is 25.4 Å². The molecule has 3 atom stereocenters. The van der Waals surface area contributed by atoms with Gasteiger partial charge in [0, 0.05) is 18.8 Å². The van der Waals surface area contributed by atoms with E-state index < -0.39 is 5.97 Å². The molecule has 0 heterocycles. The molecule has 0 saturated carbocycles. The Bertz CT molecular complexity index is 360. The van der Waals surface area contributed by atoms with Crippen LogP contribution in [0, 0.1) is 24.7 Å². The number of Topliss-reactive ketones (excluding diaryl/α,β-unsaturated/α-hetero) is 2. The van der Waals surface area contributed by atoms with Crippen LogP contribution in [0.5, 0.6) is 0 Å². The largest absolute Gasteiger partial charge is 0.481 e. The summed E-state index contributed by atoms with van der Waals surface area (Å²) >= 11 is 0. The minimum atomic E-state index is -0.865. The van der Waals surface area contributed by atoms with Crippen LogP contribution in [0.1, 0.15) is 52.4 Å². The van der Waals surface area contributed by atoms with Crippen molar-refractivity contribution in [3.8, 4) is 0 Å². The third-order valence-electron chi connectivity index (χ3n) is 3.81. The van der Waals surface area contributed by atoms with Gasteiger partial charge in [0.25, 0.3) is 0 Å². The van der Waals surface area contributed by atoms with Crippen LogP contribution in [0.3, 0.4) is 0 Å². The molecule has 0 aromatic rings. The zero-order valence-corrected chi connectivity index (χ0v) is 20.2. The second-order valence-electron chi connectivity index (χ2n) is 5.80. The summed E-state index contributed by atoms with van der Waals surface area (Å²) < 4.78 is 0. The Morgan fingerprint density at radius 3 is 2.18 bits per heavy atom. The van der Waals surface area contributed by atoms with Crippen molar-refractivity contribution in [2.24, 2.45) is 17.8 Å². The number of rotatable bonds is 12. The molecule has 0 fully saturated rings. The number of carbonyl (C=O) groups excluding carboxylic acids is 2. The van der Waals surface area contributed by atoms with Crippen LogP contribution < -0.4 is 0 Å². The molecule has 0 amide bonds. The van der Waals surface area contributed by atoms with Gasteiger partial charge in [-0.25, -0.2) is 0 Å². The molecule has 2 radical (unpaired) electrons. The summed E-state index contributed by atoms with van der Waals surface area (Å²) in [6.07, 6.45) is 3.12. The summed E-state index contributed by atoms with van der Waals surface area (Å²) in [7, 11) is 5.43. The van der Waals surface area contributed by atoms with E-state index in [0.29, 0.717) is 38.4 Å². The fourth-order valence-electron chi connectivity index (χ4n) is 2.58. The van der Waals surface area contributed by atoms with Crippen molar-refractivity contribution in [2.75, 3.05) is 0 Å². The summed E-state index contributed by atoms with van der Waals surface area (Å²) in [6.45, 7) is 7.17. The van der Waals surface area contributed by atoms with Crippen molar-refractivity contribution in [3.05, 3.63) is 6.92 Å². The van der Waals surface area contributed by atoms with Crippen LogP contribution in [0.2, 0.25) is 6.32 Å². The second-order valence-corrected chi connectivity index (χ2v) is 5.80. The number of carbonyl (C=O) groups is 3. The van der Waals surface area contributed by atoms with E-state index in [1.165, 1.54) is 0 Å². The maximum absolute atomic E-state index is 12.3. The molecule has 0 aromatic carbocycles. The Kier molecular flexibility index (Phi) is 11.4. The first-order chi connectivity index (χ1) is 9.81. The van der Waals surface area contributed by atoms with Crippen LogP contribution in [-0.4, -0.2) is 30.5 Å². The van der Waals surface area contributed by atoms with Crippen molar-refractivity contribution in [2.45, 2.75) is 58.7 Å². The first kappa shape index (κ1) is 22.0. The van der Waals surface area contributed by atoms with Gasteiger partial charge >= 0.3 is 5.97 Å². The number of hydrogen-bond donors (Lipinski definition) is 1. The number of hydrogen-bond acceptors (Lipinski definition) is 3. The normalized spacial score (nSPS) is 14.5. The smallest absolute Gasteiger partial charge is 0.303 e. The maximum atomic E-state index is 12.3. The quantitative estimate of drug-likeness (QED) is 0.295. The van der Waals surface area contributed by atoms with Gasteiger partial charge in [-0.2, -0.15) is 0 Å². The molecule has 4 nitrogen and oxygen atoms in total. The van der Waals surface area contributed by atoms with Gasteiger partial charge < -0.3 is 16.8 Å². The van der Waals surface area contributed by atoms with Crippen LogP contribution in [-0.2, 0) is 14.4 Å². The Hall–Kier alpha value is -2.26. The van der Waals surface area contributed by atoms with Gasteiger partial charge in [-0.15, -0.1) is 0 Å². The van der Waals surface area contributed by atoms with Gasteiger partial charge in [-0.3, -0.25) is 9.59 Å². The molecule has 0 saturated heterocycles. The average Bonchev–Trinajstić information content (AvgIpc) is 2.39. The van der Waals surface area contributed by atoms with Gasteiger partial charge in [0.05, 0.1) is 7.85 Å². The van der Waals surface area contributed by atoms with E-state index in [1.54, 1.807) is 0 Å². The van der Waals surface area contributed by atoms with Crippen LogP contribution in [0.25, 0.3) is 0 Å². The third kappa shape index (κ3) is 8.82. The van der Waals surface area contributed by atoms with E-state index in [9.17, 15) is 14.4 Å². The van der Waals surface area contributed by atoms with E-state index >= 15 is 0 Å². The molecule has 0 aliphatic heterocycles. The molecule has 0 aliphatic carbocycles. The molecule has 0 rings (SSSR count). The Balaban J connectivity index is 0. The first-order valence-electron chi connectivity index (χ1n) is 7.62. The number of ketones is 2. The Morgan fingerprint density at radius 1 is 1.18 bits per heavy atom. The zero-order chi connectivity index (χ0) is 16.4. The standard InChI is InChI=1S/C16H26BO4.Rf/c1-4-13(12(3)18)10-14(15(19)6-5-7-17)8-11(2)9-16(20)21;/h11,13-14H,3-10H2,1-2H3,(H,20,21);/q-1;. The van der Waals surface area contributed by atoms with E-state index in [1.807, 2.05) is 13.8 Å². The van der Waals surface area contributed by atoms with Crippen molar-refractivity contribution in [3.63, 3.8) is 0 Å². The summed E-state index contributed by atoms with van der Waals surface area (Å²) in [5.74, 6) is -1.53. The third-order valence-corrected chi connectivity index (χ3v) is 3.81. The summed E-state index contributed by atoms with van der Waals surface area (Å²) in [5.41, 5.74) is 0. The summed E-state index contributed by atoms with van der Waals surface area (Å²) in [4.78, 5) is 34.5. The number of aliphatic carboxylic acids is 1. The molecular weight excluding hydrogens is 534 g/mol. The van der Waals surface area contributed by atoms with Gasteiger partial charge in [0.2, 0.25) is 0 Å². The SMILES string of the molecule is [B]CCCC(=O)C(CC(C)CC(=O)O)CC(CC)C([CH2-])=O.[Rf]. The maximum Gasteiger partial charge on any atom is 0.303 e. The fourth-order valence-corrected chi connectivity index (χ4v) is 2.58. The van der Waals surface area contributed by atoms with Crippen molar-refractivity contribution in [1.29, 1.82) is 0 Å². The molecule has 120 valence electrons.